The molecule has 0 saturated carbocycles. The maximum Gasteiger partial charge on any atom is 0.227 e. The first kappa shape index (κ1) is 18.4. The van der Waals surface area contributed by atoms with Gasteiger partial charge in [0.1, 0.15) is 5.82 Å². The van der Waals surface area contributed by atoms with Crippen LogP contribution in [0.3, 0.4) is 0 Å². The van der Waals surface area contributed by atoms with Crippen molar-refractivity contribution in [1.82, 2.24) is 9.80 Å². The molecule has 2 saturated heterocycles. The third-order valence-corrected chi connectivity index (χ3v) is 5.61. The van der Waals surface area contributed by atoms with Gasteiger partial charge in [-0.3, -0.25) is 4.79 Å². The van der Waals surface area contributed by atoms with Crippen molar-refractivity contribution in [3.63, 3.8) is 0 Å². The van der Waals surface area contributed by atoms with Gasteiger partial charge in [0.2, 0.25) is 5.91 Å². The van der Waals surface area contributed by atoms with Gasteiger partial charge in [0.25, 0.3) is 0 Å². The van der Waals surface area contributed by atoms with E-state index in [9.17, 15) is 9.18 Å². The van der Waals surface area contributed by atoms with Gasteiger partial charge in [-0.05, 0) is 49.5 Å². The zero-order valence-electron chi connectivity index (χ0n) is 15.8. The summed E-state index contributed by atoms with van der Waals surface area (Å²) in [5.41, 5.74) is 0.806. The molecule has 1 aromatic rings. The van der Waals surface area contributed by atoms with E-state index in [4.69, 9.17) is 0 Å². The summed E-state index contributed by atoms with van der Waals surface area (Å²) in [6.45, 7) is 10.9. The van der Waals surface area contributed by atoms with E-state index >= 15 is 0 Å². The van der Waals surface area contributed by atoms with Crippen molar-refractivity contribution in [3.05, 3.63) is 35.6 Å². The minimum absolute atomic E-state index is 0.197. The lowest BCUT2D eigenvalue weighted by Gasteiger charge is -2.31. The highest BCUT2D eigenvalue weighted by Crippen LogP contribution is 2.36. The summed E-state index contributed by atoms with van der Waals surface area (Å²) >= 11 is 0. The quantitative estimate of drug-likeness (QED) is 0.829. The molecule has 2 unspecified atom stereocenters. The summed E-state index contributed by atoms with van der Waals surface area (Å²) in [5.74, 6) is 0.751. The van der Waals surface area contributed by atoms with Gasteiger partial charge in [0, 0.05) is 31.0 Å². The number of rotatable bonds is 3. The number of nitrogens with zero attached hydrogens (tertiary/aromatic N) is 2. The summed E-state index contributed by atoms with van der Waals surface area (Å²) in [6.07, 6.45) is 3.88. The summed E-state index contributed by atoms with van der Waals surface area (Å²) in [6, 6.07) is 6.88. The lowest BCUT2D eigenvalue weighted by atomic mass is 9.88. The highest BCUT2D eigenvalue weighted by atomic mass is 19.1. The number of carbonyl (C=O) groups excluding carboxylic acids is 1. The van der Waals surface area contributed by atoms with Crippen LogP contribution in [0, 0.1) is 17.2 Å². The Balaban J connectivity index is 1.78. The first-order chi connectivity index (χ1) is 11.8. The monoisotopic (exact) mass is 346 g/mol. The van der Waals surface area contributed by atoms with Crippen LogP contribution in [0.15, 0.2) is 24.3 Å². The van der Waals surface area contributed by atoms with Crippen molar-refractivity contribution in [1.29, 1.82) is 0 Å². The molecule has 0 aliphatic carbocycles. The number of hydrogen-bond acceptors (Lipinski definition) is 2. The number of likely N-dealkylation sites (tertiary alicyclic amines) is 2. The number of amides is 1. The van der Waals surface area contributed by atoms with Crippen LogP contribution in [-0.2, 0) is 4.79 Å². The maximum atomic E-state index is 13.3. The fraction of sp³-hybridized carbons (Fsp3) is 0.667. The van der Waals surface area contributed by atoms with E-state index < -0.39 is 0 Å². The zero-order chi connectivity index (χ0) is 18.0. The van der Waals surface area contributed by atoms with E-state index in [1.54, 1.807) is 12.1 Å². The molecule has 3 rings (SSSR count). The van der Waals surface area contributed by atoms with Crippen LogP contribution in [0.5, 0.6) is 0 Å². The number of carbonyl (C=O) groups is 1. The Morgan fingerprint density at radius 1 is 1.08 bits per heavy atom. The fourth-order valence-electron chi connectivity index (χ4n) is 4.26. The Morgan fingerprint density at radius 2 is 1.72 bits per heavy atom. The van der Waals surface area contributed by atoms with Crippen LogP contribution in [-0.4, -0.2) is 48.4 Å². The predicted molar refractivity (Wildman–Crippen MR) is 99.0 cm³/mol. The van der Waals surface area contributed by atoms with Crippen LogP contribution < -0.4 is 0 Å². The number of halogens is 1. The first-order valence-electron chi connectivity index (χ1n) is 9.62. The van der Waals surface area contributed by atoms with Crippen LogP contribution in [0.4, 0.5) is 4.39 Å². The van der Waals surface area contributed by atoms with E-state index in [0.717, 1.165) is 25.2 Å². The molecule has 2 aliphatic heterocycles. The summed E-state index contributed by atoms with van der Waals surface area (Å²) in [4.78, 5) is 17.4. The van der Waals surface area contributed by atoms with Gasteiger partial charge < -0.3 is 9.80 Å². The second-order valence-corrected chi connectivity index (χ2v) is 8.74. The van der Waals surface area contributed by atoms with Crippen molar-refractivity contribution in [2.24, 2.45) is 11.3 Å². The predicted octanol–water partition coefficient (Wildman–Crippen LogP) is 3.90. The lowest BCUT2D eigenvalue weighted by Crippen LogP contribution is -2.39. The minimum Gasteiger partial charge on any atom is -0.341 e. The van der Waals surface area contributed by atoms with Gasteiger partial charge in [-0.25, -0.2) is 4.39 Å². The van der Waals surface area contributed by atoms with E-state index in [-0.39, 0.29) is 17.1 Å². The van der Waals surface area contributed by atoms with Gasteiger partial charge in [-0.2, -0.15) is 0 Å². The third kappa shape index (κ3) is 4.41. The summed E-state index contributed by atoms with van der Waals surface area (Å²) in [7, 11) is 0. The third-order valence-electron chi connectivity index (χ3n) is 5.61. The highest BCUT2D eigenvalue weighted by molar-refractivity contribution is 5.82. The second-order valence-electron chi connectivity index (χ2n) is 8.74. The molecular formula is C21H31FN2O. The molecule has 0 bridgehead atoms. The van der Waals surface area contributed by atoms with Crippen LogP contribution in [0.25, 0.3) is 0 Å². The van der Waals surface area contributed by atoms with Gasteiger partial charge in [-0.15, -0.1) is 0 Å². The van der Waals surface area contributed by atoms with Crippen molar-refractivity contribution < 1.29 is 9.18 Å². The smallest absolute Gasteiger partial charge is 0.227 e. The van der Waals surface area contributed by atoms with E-state index in [1.165, 1.54) is 32.4 Å². The minimum atomic E-state index is -0.354. The Hall–Kier alpha value is -1.42. The molecule has 1 aromatic carbocycles. The molecule has 138 valence electrons. The fourth-order valence-corrected chi connectivity index (χ4v) is 4.26. The first-order valence-corrected chi connectivity index (χ1v) is 9.62. The second kappa shape index (κ2) is 7.45. The van der Waals surface area contributed by atoms with Crippen LogP contribution in [0.2, 0.25) is 0 Å². The Morgan fingerprint density at radius 3 is 2.32 bits per heavy atom. The molecule has 0 aromatic heterocycles. The van der Waals surface area contributed by atoms with Crippen LogP contribution in [0.1, 0.15) is 51.5 Å². The van der Waals surface area contributed by atoms with Crippen LogP contribution >= 0.6 is 0 Å². The molecule has 0 radical (unpaired) electrons. The average Bonchev–Trinajstić information content (AvgIpc) is 2.98. The standard InChI is InChI=1S/C21H31FN2O/c1-21(2,3)20(25)24-14-17(13-23-11-5-4-6-12-23)19(15-24)16-7-9-18(22)10-8-16/h7-10,17,19H,4-6,11-15H2,1-3H3. The van der Waals surface area contributed by atoms with Gasteiger partial charge in [-0.1, -0.05) is 39.3 Å². The molecule has 2 heterocycles. The van der Waals surface area contributed by atoms with Gasteiger partial charge >= 0.3 is 0 Å². The lowest BCUT2D eigenvalue weighted by molar-refractivity contribution is -0.138. The molecule has 0 N–H and O–H groups in total. The van der Waals surface area contributed by atoms with Crippen molar-refractivity contribution in [3.8, 4) is 0 Å². The topological polar surface area (TPSA) is 23.6 Å². The molecular weight excluding hydrogens is 315 g/mol. The number of benzene rings is 1. The van der Waals surface area contributed by atoms with Gasteiger partial charge in [0.15, 0.2) is 0 Å². The highest BCUT2D eigenvalue weighted by Gasteiger charge is 2.40. The average molecular weight is 346 g/mol. The summed E-state index contributed by atoms with van der Waals surface area (Å²) in [5, 5.41) is 0. The van der Waals surface area contributed by atoms with E-state index in [1.807, 2.05) is 37.8 Å². The molecule has 2 aliphatic rings. The molecule has 3 nitrogen and oxygen atoms in total. The zero-order valence-corrected chi connectivity index (χ0v) is 15.8. The van der Waals surface area contributed by atoms with Crippen molar-refractivity contribution in [2.45, 2.75) is 46.0 Å². The SMILES string of the molecule is CC(C)(C)C(=O)N1CC(CN2CCCCC2)C(c2ccc(F)cc2)C1. The number of piperidine rings is 1. The molecule has 1 amide bonds. The van der Waals surface area contributed by atoms with Crippen molar-refractivity contribution in [2.75, 3.05) is 32.7 Å². The van der Waals surface area contributed by atoms with E-state index in [0.29, 0.717) is 11.8 Å². The molecule has 25 heavy (non-hydrogen) atoms. The summed E-state index contributed by atoms with van der Waals surface area (Å²) < 4.78 is 13.3. The molecule has 4 heteroatoms. The Labute approximate surface area is 151 Å². The maximum absolute atomic E-state index is 13.3. The Kier molecular flexibility index (Phi) is 5.47. The molecule has 0 spiro atoms. The largest absolute Gasteiger partial charge is 0.341 e. The van der Waals surface area contributed by atoms with Gasteiger partial charge in [0.05, 0.1) is 0 Å². The molecule has 2 fully saturated rings. The van der Waals surface area contributed by atoms with E-state index in [2.05, 4.69) is 4.90 Å². The Bertz CT molecular complexity index is 587. The molecule has 2 atom stereocenters. The number of hydrogen-bond donors (Lipinski definition) is 0. The van der Waals surface area contributed by atoms with Crippen molar-refractivity contribution >= 4 is 5.91 Å². The normalized spacial score (nSPS) is 25.4.